The van der Waals surface area contributed by atoms with Crippen molar-refractivity contribution >= 4 is 5.91 Å². The summed E-state index contributed by atoms with van der Waals surface area (Å²) in [6.45, 7) is 3.66. The van der Waals surface area contributed by atoms with Gasteiger partial charge in [0, 0.05) is 18.8 Å². The minimum atomic E-state index is -0.530. The average Bonchev–Trinajstić information content (AvgIpc) is 2.96. The molecule has 0 radical (unpaired) electrons. The Balaban J connectivity index is 1.87. The van der Waals surface area contributed by atoms with E-state index in [0.29, 0.717) is 17.3 Å². The lowest BCUT2D eigenvalue weighted by molar-refractivity contribution is 0.0855. The first kappa shape index (κ1) is 14.7. The third-order valence-electron chi connectivity index (χ3n) is 4.19. The molecule has 2 heterocycles. The van der Waals surface area contributed by atoms with Crippen molar-refractivity contribution in [2.75, 3.05) is 0 Å². The van der Waals surface area contributed by atoms with Gasteiger partial charge in [0.2, 0.25) is 5.89 Å². The largest absolute Gasteiger partial charge is 0.340 e. The molecule has 2 aromatic rings. The van der Waals surface area contributed by atoms with Crippen LogP contribution in [0, 0.1) is 13.8 Å². The highest BCUT2D eigenvalue weighted by molar-refractivity contribution is 5.94. The van der Waals surface area contributed by atoms with E-state index in [4.69, 9.17) is 4.52 Å². The Morgan fingerprint density at radius 3 is 2.59 bits per heavy atom. The summed E-state index contributed by atoms with van der Waals surface area (Å²) in [5.41, 5.74) is 0.909. The van der Waals surface area contributed by atoms with Gasteiger partial charge in [0.25, 0.3) is 5.91 Å². The van der Waals surface area contributed by atoms with Crippen molar-refractivity contribution in [1.29, 1.82) is 0 Å². The number of amides is 1. The van der Waals surface area contributed by atoms with Crippen LogP contribution < -0.4 is 5.32 Å². The minimum Gasteiger partial charge on any atom is -0.340 e. The van der Waals surface area contributed by atoms with Crippen molar-refractivity contribution in [2.24, 2.45) is 0 Å². The van der Waals surface area contributed by atoms with Gasteiger partial charge in [-0.1, -0.05) is 24.4 Å². The van der Waals surface area contributed by atoms with E-state index in [0.717, 1.165) is 31.4 Å². The minimum absolute atomic E-state index is 0.142. The van der Waals surface area contributed by atoms with Crippen LogP contribution in [-0.4, -0.2) is 21.0 Å². The zero-order valence-corrected chi connectivity index (χ0v) is 12.9. The second-order valence-electron chi connectivity index (χ2n) is 5.92. The van der Waals surface area contributed by atoms with Crippen LogP contribution >= 0.6 is 0 Å². The van der Waals surface area contributed by atoms with Crippen LogP contribution in [0.1, 0.15) is 59.9 Å². The maximum absolute atomic E-state index is 12.6. The number of carbonyl (C=O) groups excluding carboxylic acids is 1. The quantitative estimate of drug-likeness (QED) is 0.942. The van der Waals surface area contributed by atoms with Crippen molar-refractivity contribution in [1.82, 2.24) is 20.4 Å². The zero-order chi connectivity index (χ0) is 15.6. The van der Waals surface area contributed by atoms with Crippen LogP contribution in [0.2, 0.25) is 0 Å². The Morgan fingerprint density at radius 1 is 1.23 bits per heavy atom. The molecule has 0 spiro atoms. The van der Waals surface area contributed by atoms with Gasteiger partial charge < -0.3 is 9.84 Å². The fourth-order valence-corrected chi connectivity index (χ4v) is 2.95. The van der Waals surface area contributed by atoms with E-state index in [2.05, 4.69) is 20.4 Å². The smallest absolute Gasteiger partial charge is 0.253 e. The van der Waals surface area contributed by atoms with Crippen LogP contribution in [0.4, 0.5) is 0 Å². The summed E-state index contributed by atoms with van der Waals surface area (Å²) in [5.74, 6) is 0.959. The predicted octanol–water partition coefficient (Wildman–Crippen LogP) is 2.67. The number of nitrogens with one attached hydrogen (secondary N) is 1. The highest BCUT2D eigenvalue weighted by Crippen LogP contribution is 2.35. The molecule has 0 aliphatic heterocycles. The maximum Gasteiger partial charge on any atom is 0.253 e. The Bertz CT molecular complexity index is 657. The number of aryl methyl sites for hydroxylation is 2. The molecule has 1 N–H and O–H groups in total. The summed E-state index contributed by atoms with van der Waals surface area (Å²) in [6.07, 6.45) is 6.51. The van der Waals surface area contributed by atoms with E-state index in [-0.39, 0.29) is 5.91 Å². The molecule has 1 aliphatic rings. The van der Waals surface area contributed by atoms with Crippen LogP contribution in [0.5, 0.6) is 0 Å². The first-order valence-corrected chi connectivity index (χ1v) is 7.65. The van der Waals surface area contributed by atoms with Gasteiger partial charge in [-0.05, 0) is 31.9 Å². The maximum atomic E-state index is 12.6. The Hall–Kier alpha value is -2.24. The summed E-state index contributed by atoms with van der Waals surface area (Å²) in [7, 11) is 0. The molecule has 0 bridgehead atoms. The lowest BCUT2D eigenvalue weighted by Crippen LogP contribution is -2.48. The van der Waals surface area contributed by atoms with Crippen LogP contribution in [0.3, 0.4) is 0 Å². The fourth-order valence-electron chi connectivity index (χ4n) is 2.95. The van der Waals surface area contributed by atoms with E-state index in [1.54, 1.807) is 19.2 Å². The van der Waals surface area contributed by atoms with Crippen molar-refractivity contribution < 1.29 is 9.32 Å². The first-order valence-electron chi connectivity index (χ1n) is 7.65. The molecule has 0 aromatic carbocycles. The number of hydrogen-bond acceptors (Lipinski definition) is 5. The standard InChI is InChI=1S/C16H20N4O2/c1-11-6-7-13(10-17-11)14(21)19-16(8-4-3-5-9-16)15-18-12(2)22-20-15/h6-7,10H,3-5,8-9H2,1-2H3,(H,19,21). The number of hydrogen-bond donors (Lipinski definition) is 1. The normalized spacial score (nSPS) is 17.2. The van der Waals surface area contributed by atoms with Gasteiger partial charge >= 0.3 is 0 Å². The van der Waals surface area contributed by atoms with Crippen molar-refractivity contribution in [3.63, 3.8) is 0 Å². The molecule has 22 heavy (non-hydrogen) atoms. The third kappa shape index (κ3) is 2.86. The molecule has 116 valence electrons. The van der Waals surface area contributed by atoms with E-state index in [9.17, 15) is 4.79 Å². The highest BCUT2D eigenvalue weighted by atomic mass is 16.5. The van der Waals surface area contributed by atoms with Gasteiger partial charge in [-0.2, -0.15) is 4.98 Å². The number of carbonyl (C=O) groups is 1. The van der Waals surface area contributed by atoms with Gasteiger partial charge in [-0.25, -0.2) is 0 Å². The van der Waals surface area contributed by atoms with Crippen LogP contribution in [0.15, 0.2) is 22.9 Å². The second kappa shape index (κ2) is 5.87. The van der Waals surface area contributed by atoms with E-state index >= 15 is 0 Å². The molecule has 0 atom stereocenters. The zero-order valence-electron chi connectivity index (χ0n) is 12.9. The molecule has 2 aromatic heterocycles. The summed E-state index contributed by atoms with van der Waals surface area (Å²) in [4.78, 5) is 21.1. The molecule has 6 nitrogen and oxygen atoms in total. The fraction of sp³-hybridized carbons (Fsp3) is 0.500. The second-order valence-corrected chi connectivity index (χ2v) is 5.92. The SMILES string of the molecule is Cc1ccc(C(=O)NC2(c3noc(C)n3)CCCCC2)cn1. The summed E-state index contributed by atoms with van der Waals surface area (Å²) < 4.78 is 5.12. The predicted molar refractivity (Wildman–Crippen MR) is 80.2 cm³/mol. The topological polar surface area (TPSA) is 80.9 Å². The number of aromatic nitrogens is 3. The lowest BCUT2D eigenvalue weighted by Gasteiger charge is -2.35. The van der Waals surface area contributed by atoms with Crippen LogP contribution in [-0.2, 0) is 5.54 Å². The number of nitrogens with zero attached hydrogens (tertiary/aromatic N) is 3. The van der Waals surface area contributed by atoms with Crippen LogP contribution in [0.25, 0.3) is 0 Å². The Morgan fingerprint density at radius 2 is 2.00 bits per heavy atom. The van der Waals surface area contributed by atoms with Crippen molar-refractivity contribution in [3.8, 4) is 0 Å². The average molecular weight is 300 g/mol. The monoisotopic (exact) mass is 300 g/mol. The molecule has 1 fully saturated rings. The Kier molecular flexibility index (Phi) is 3.92. The molecule has 0 saturated heterocycles. The number of pyridine rings is 1. The summed E-state index contributed by atoms with van der Waals surface area (Å²) in [6, 6.07) is 3.62. The first-order chi connectivity index (χ1) is 10.6. The van der Waals surface area contributed by atoms with Crippen molar-refractivity contribution in [2.45, 2.75) is 51.5 Å². The number of rotatable bonds is 3. The summed E-state index contributed by atoms with van der Waals surface area (Å²) in [5, 5.41) is 7.19. The molecule has 3 rings (SSSR count). The molecule has 1 aliphatic carbocycles. The molecule has 1 saturated carbocycles. The van der Waals surface area contributed by atoms with E-state index in [1.807, 2.05) is 13.0 Å². The molecular weight excluding hydrogens is 280 g/mol. The van der Waals surface area contributed by atoms with Gasteiger partial charge in [-0.3, -0.25) is 9.78 Å². The van der Waals surface area contributed by atoms with Gasteiger partial charge in [0.15, 0.2) is 5.82 Å². The van der Waals surface area contributed by atoms with Gasteiger partial charge in [-0.15, -0.1) is 0 Å². The van der Waals surface area contributed by atoms with E-state index < -0.39 is 5.54 Å². The lowest BCUT2D eigenvalue weighted by atomic mass is 9.80. The Labute approximate surface area is 129 Å². The van der Waals surface area contributed by atoms with E-state index in [1.165, 1.54) is 6.42 Å². The van der Waals surface area contributed by atoms with Crippen molar-refractivity contribution in [3.05, 3.63) is 41.3 Å². The highest BCUT2D eigenvalue weighted by Gasteiger charge is 2.39. The molecule has 1 amide bonds. The molecule has 6 heteroatoms. The summed E-state index contributed by atoms with van der Waals surface area (Å²) >= 11 is 0. The van der Waals surface area contributed by atoms with Gasteiger partial charge in [0.05, 0.1) is 5.56 Å². The molecule has 0 unspecified atom stereocenters. The van der Waals surface area contributed by atoms with Gasteiger partial charge in [0.1, 0.15) is 5.54 Å². The third-order valence-corrected chi connectivity index (χ3v) is 4.19. The molecular formula is C16H20N4O2.